The number of nitrogens with zero attached hydrogens (tertiary/aromatic N) is 5. The molecule has 0 aliphatic heterocycles. The van der Waals surface area contributed by atoms with Gasteiger partial charge in [-0.3, -0.25) is 4.18 Å². The zero-order valence-electron chi connectivity index (χ0n) is 9.22. The molecular weight excluding hydrogens is 262 g/mol. The summed E-state index contributed by atoms with van der Waals surface area (Å²) >= 11 is 0. The summed E-state index contributed by atoms with van der Waals surface area (Å²) in [5.74, 6) is 0.243. The Labute approximate surface area is 102 Å². The number of fused-ring (bicyclic) bond motifs is 1. The summed E-state index contributed by atoms with van der Waals surface area (Å²) in [7, 11) is -3.91. The van der Waals surface area contributed by atoms with Gasteiger partial charge in [-0.1, -0.05) is 5.21 Å². The van der Waals surface area contributed by atoms with Gasteiger partial charge in [0.25, 0.3) is 0 Å². The van der Waals surface area contributed by atoms with Gasteiger partial charge in [0.15, 0.2) is 17.0 Å². The molecule has 0 fully saturated rings. The largest absolute Gasteiger partial charge is 0.382 e. The molecule has 0 aliphatic rings. The number of aromatic nitrogens is 5. The lowest BCUT2D eigenvalue weighted by molar-refractivity contribution is 0.301. The predicted molar refractivity (Wildman–Crippen MR) is 61.2 cm³/mol. The van der Waals surface area contributed by atoms with E-state index in [4.69, 9.17) is 5.73 Å². The maximum absolute atomic E-state index is 10.5. The summed E-state index contributed by atoms with van der Waals surface area (Å²) in [6.45, 7) is 0.337. The monoisotopic (exact) mass is 273 g/mol. The van der Waals surface area contributed by atoms with Crippen LogP contribution in [0.3, 0.4) is 0 Å². The van der Waals surface area contributed by atoms with Crippen LogP contribution in [0.2, 0.25) is 0 Å². The minimum Gasteiger partial charge on any atom is -0.382 e. The Morgan fingerprint density at radius 1 is 1.39 bits per heavy atom. The third-order valence-corrected chi connectivity index (χ3v) is 2.59. The molecule has 0 unspecified atom stereocenters. The fraction of sp³-hybridized carbons (Fsp3) is 0.429. The predicted octanol–water partition coefficient (Wildman–Crippen LogP) is -1.59. The first-order chi connectivity index (χ1) is 8.47. The third-order valence-electron chi connectivity index (χ3n) is 2.09. The summed E-state index contributed by atoms with van der Waals surface area (Å²) in [6, 6.07) is 0. The number of nitrogen functional groups attached to an aromatic ring is 1. The van der Waals surface area contributed by atoms with E-state index >= 15 is 0 Å². The molecular formula is C7H11N7O3S. The van der Waals surface area contributed by atoms with Crippen molar-refractivity contribution in [1.29, 1.82) is 0 Å². The first-order valence-corrected chi connectivity index (χ1v) is 6.41. The molecule has 0 amide bonds. The highest BCUT2D eigenvalue weighted by atomic mass is 32.2. The molecule has 0 aromatic carbocycles. The summed E-state index contributed by atoms with van der Waals surface area (Å²) in [4.78, 5) is 7.77. The van der Waals surface area contributed by atoms with Crippen LogP contribution in [-0.4, -0.2) is 40.0 Å². The maximum Gasteiger partial charge on any atom is 0.333 e. The van der Waals surface area contributed by atoms with Gasteiger partial charge in [0.1, 0.15) is 6.33 Å². The lowest BCUT2D eigenvalue weighted by atomic mass is 10.4. The molecule has 98 valence electrons. The summed E-state index contributed by atoms with van der Waals surface area (Å²) in [5, 5.41) is 12.3. The Hall–Kier alpha value is -1.85. The van der Waals surface area contributed by atoms with Crippen LogP contribution < -0.4 is 10.9 Å². The SMILES string of the molecule is Nc1ncnc2c1nnn2CCCOS(N)(=O)=O. The first kappa shape index (κ1) is 12.6. The van der Waals surface area contributed by atoms with Gasteiger partial charge in [-0.15, -0.1) is 5.10 Å². The van der Waals surface area contributed by atoms with Gasteiger partial charge in [0.2, 0.25) is 0 Å². The zero-order valence-corrected chi connectivity index (χ0v) is 10.0. The van der Waals surface area contributed by atoms with Crippen LogP contribution in [0.5, 0.6) is 0 Å². The van der Waals surface area contributed by atoms with E-state index in [1.54, 1.807) is 0 Å². The van der Waals surface area contributed by atoms with E-state index < -0.39 is 10.3 Å². The molecule has 2 rings (SSSR count). The van der Waals surface area contributed by atoms with E-state index in [1.165, 1.54) is 11.0 Å². The molecule has 10 nitrogen and oxygen atoms in total. The van der Waals surface area contributed by atoms with Crippen molar-refractivity contribution >= 4 is 27.3 Å². The van der Waals surface area contributed by atoms with E-state index in [0.29, 0.717) is 24.1 Å². The molecule has 11 heteroatoms. The molecule has 2 aromatic rings. The molecule has 4 N–H and O–H groups in total. The van der Waals surface area contributed by atoms with Crippen molar-refractivity contribution in [2.75, 3.05) is 12.3 Å². The normalized spacial score (nSPS) is 12.1. The number of aryl methyl sites for hydroxylation is 1. The van der Waals surface area contributed by atoms with E-state index in [-0.39, 0.29) is 12.4 Å². The molecule has 0 bridgehead atoms. The minimum absolute atomic E-state index is 0.0409. The molecule has 18 heavy (non-hydrogen) atoms. The second-order valence-electron chi connectivity index (χ2n) is 3.41. The van der Waals surface area contributed by atoms with Gasteiger partial charge in [-0.25, -0.2) is 19.8 Å². The van der Waals surface area contributed by atoms with E-state index in [0.717, 1.165) is 0 Å². The standard InChI is InChI=1S/C7H11N7O3S/c8-6-5-7(11-4-10-6)14(13-12-5)2-1-3-17-18(9,15)16/h4H,1-3H2,(H2,8,10,11)(H2,9,15,16). The lowest BCUT2D eigenvalue weighted by Gasteiger charge is -2.01. The van der Waals surface area contributed by atoms with Crippen molar-refractivity contribution in [2.45, 2.75) is 13.0 Å². The Balaban J connectivity index is 2.02. The Kier molecular flexibility index (Phi) is 3.36. The van der Waals surface area contributed by atoms with Crippen molar-refractivity contribution in [3.05, 3.63) is 6.33 Å². The first-order valence-electron chi connectivity index (χ1n) is 4.94. The van der Waals surface area contributed by atoms with Gasteiger partial charge in [-0.2, -0.15) is 8.42 Å². The average Bonchev–Trinajstić information content (AvgIpc) is 2.68. The van der Waals surface area contributed by atoms with Gasteiger partial charge in [-0.05, 0) is 6.42 Å². The Bertz CT molecular complexity index is 652. The Morgan fingerprint density at radius 2 is 2.17 bits per heavy atom. The van der Waals surface area contributed by atoms with Crippen LogP contribution >= 0.6 is 0 Å². The molecule has 0 atom stereocenters. The second-order valence-corrected chi connectivity index (χ2v) is 4.63. The van der Waals surface area contributed by atoms with Crippen molar-refractivity contribution in [2.24, 2.45) is 5.14 Å². The van der Waals surface area contributed by atoms with Crippen molar-refractivity contribution in [3.63, 3.8) is 0 Å². The van der Waals surface area contributed by atoms with Crippen LogP contribution in [0.25, 0.3) is 11.2 Å². The topological polar surface area (TPSA) is 152 Å². The summed E-state index contributed by atoms with van der Waals surface area (Å²) in [5.41, 5.74) is 6.49. The molecule has 0 saturated heterocycles. The number of rotatable bonds is 5. The van der Waals surface area contributed by atoms with Gasteiger partial charge in [0, 0.05) is 6.54 Å². The zero-order chi connectivity index (χ0) is 13.2. The van der Waals surface area contributed by atoms with E-state index in [1.807, 2.05) is 0 Å². The third kappa shape index (κ3) is 2.88. The fourth-order valence-electron chi connectivity index (χ4n) is 1.35. The number of hydrogen-bond acceptors (Lipinski definition) is 8. The summed E-state index contributed by atoms with van der Waals surface area (Å²) in [6.07, 6.45) is 1.69. The smallest absolute Gasteiger partial charge is 0.333 e. The van der Waals surface area contributed by atoms with Gasteiger partial charge in [0.05, 0.1) is 6.61 Å². The summed E-state index contributed by atoms with van der Waals surface area (Å²) < 4.78 is 26.9. The lowest BCUT2D eigenvalue weighted by Crippen LogP contribution is -2.17. The molecule has 2 heterocycles. The molecule has 0 aliphatic carbocycles. The highest BCUT2D eigenvalue weighted by Gasteiger charge is 2.09. The van der Waals surface area contributed by atoms with Crippen molar-refractivity contribution in [3.8, 4) is 0 Å². The van der Waals surface area contributed by atoms with E-state index in [2.05, 4.69) is 29.6 Å². The average molecular weight is 273 g/mol. The fourth-order valence-corrected chi connectivity index (χ4v) is 1.70. The Morgan fingerprint density at radius 3 is 2.89 bits per heavy atom. The molecule has 0 radical (unpaired) electrons. The van der Waals surface area contributed by atoms with Crippen LogP contribution in [0.4, 0.5) is 5.82 Å². The maximum atomic E-state index is 10.5. The molecule has 2 aromatic heterocycles. The van der Waals surface area contributed by atoms with Crippen molar-refractivity contribution < 1.29 is 12.6 Å². The van der Waals surface area contributed by atoms with Crippen molar-refractivity contribution in [1.82, 2.24) is 25.0 Å². The number of nitrogens with two attached hydrogens (primary N) is 2. The quantitative estimate of drug-likeness (QED) is 0.618. The number of hydrogen-bond donors (Lipinski definition) is 2. The van der Waals surface area contributed by atoms with Crippen LogP contribution in [0, 0.1) is 0 Å². The van der Waals surface area contributed by atoms with Crippen LogP contribution in [-0.2, 0) is 21.0 Å². The van der Waals surface area contributed by atoms with E-state index in [9.17, 15) is 8.42 Å². The second kappa shape index (κ2) is 4.80. The number of anilines is 1. The minimum atomic E-state index is -3.91. The van der Waals surface area contributed by atoms with Gasteiger partial charge >= 0.3 is 10.3 Å². The van der Waals surface area contributed by atoms with Crippen LogP contribution in [0.15, 0.2) is 6.33 Å². The van der Waals surface area contributed by atoms with Crippen LogP contribution in [0.1, 0.15) is 6.42 Å². The highest BCUT2D eigenvalue weighted by Crippen LogP contribution is 2.12. The van der Waals surface area contributed by atoms with Gasteiger partial charge < -0.3 is 5.73 Å². The highest BCUT2D eigenvalue weighted by molar-refractivity contribution is 7.84. The molecule has 0 spiro atoms. The molecule has 0 saturated carbocycles.